The van der Waals surface area contributed by atoms with Crippen LogP contribution in [0.25, 0.3) is 15.7 Å². The molecule has 1 aromatic heterocycles. The minimum atomic E-state index is -1.29. The lowest BCUT2D eigenvalue weighted by Crippen LogP contribution is -2.50. The Balaban J connectivity index is 1.46. The molecule has 2 saturated heterocycles. The van der Waals surface area contributed by atoms with Crippen LogP contribution in [0.5, 0.6) is 0 Å². The molecule has 2 fully saturated rings. The average Bonchev–Trinajstić information content (AvgIpc) is 3.17. The molecule has 0 unspecified atom stereocenters. The molecule has 4 rings (SSSR count). The van der Waals surface area contributed by atoms with Gasteiger partial charge in [-0.05, 0) is 39.8 Å². The van der Waals surface area contributed by atoms with Gasteiger partial charge in [0.15, 0.2) is 5.78 Å². The number of ether oxygens (including phenoxy) is 2. The van der Waals surface area contributed by atoms with E-state index in [9.17, 15) is 14.0 Å². The second kappa shape index (κ2) is 9.78. The minimum Gasteiger partial charge on any atom is -0.444 e. The largest absolute Gasteiger partial charge is 0.444 e. The van der Waals surface area contributed by atoms with Crippen molar-refractivity contribution in [1.82, 2.24) is 9.88 Å². The number of halogens is 1. The molecule has 8 nitrogen and oxygen atoms in total. The number of pyridine rings is 1. The Bertz CT molecular complexity index is 1160. The Morgan fingerprint density at radius 3 is 2.71 bits per heavy atom. The van der Waals surface area contributed by atoms with Gasteiger partial charge in [0.1, 0.15) is 17.9 Å². The van der Waals surface area contributed by atoms with E-state index in [0.29, 0.717) is 24.3 Å². The third-order valence-electron chi connectivity index (χ3n) is 6.28. The summed E-state index contributed by atoms with van der Waals surface area (Å²) in [5.41, 5.74) is 1.31. The number of ketones is 1. The fourth-order valence-electron chi connectivity index (χ4n) is 4.72. The SMILES string of the molecule is [C-]#[N+]c1ccc(N2C[C@@H](C)O[C@@H](C(=O)C[C@@H]3CN(C(=O)OC(C)(C)C)C[C@@H]3F)C2)c2cccnc12. The molecule has 0 spiro atoms. The van der Waals surface area contributed by atoms with Crippen molar-refractivity contribution in [3.05, 3.63) is 41.9 Å². The van der Waals surface area contributed by atoms with Crippen molar-refractivity contribution >= 4 is 34.2 Å². The van der Waals surface area contributed by atoms with Crippen LogP contribution < -0.4 is 4.90 Å². The van der Waals surface area contributed by atoms with E-state index in [1.54, 1.807) is 33.0 Å². The van der Waals surface area contributed by atoms with E-state index in [4.69, 9.17) is 16.0 Å². The molecule has 1 aromatic carbocycles. The van der Waals surface area contributed by atoms with E-state index in [0.717, 1.165) is 11.1 Å². The molecule has 186 valence electrons. The van der Waals surface area contributed by atoms with E-state index in [1.165, 1.54) is 4.90 Å². The third-order valence-corrected chi connectivity index (χ3v) is 6.28. The van der Waals surface area contributed by atoms with Gasteiger partial charge in [-0.15, -0.1) is 0 Å². The van der Waals surface area contributed by atoms with Gasteiger partial charge >= 0.3 is 6.09 Å². The van der Waals surface area contributed by atoms with Crippen LogP contribution in [0.15, 0.2) is 30.5 Å². The third kappa shape index (κ3) is 5.54. The number of hydrogen-bond acceptors (Lipinski definition) is 6. The topological polar surface area (TPSA) is 76.3 Å². The van der Waals surface area contributed by atoms with Crippen LogP contribution in [0.2, 0.25) is 0 Å². The van der Waals surface area contributed by atoms with Crippen LogP contribution in [0, 0.1) is 12.5 Å². The number of rotatable bonds is 4. The standard InChI is InChI=1S/C26H31FN4O4/c1-16-12-30(21-9-8-20(28-5)24-18(21)7-6-10-29-24)15-23(34-16)22(32)11-17-13-31(14-19(17)27)25(33)35-26(2,3)4/h6-10,16-17,19,23H,11-15H2,1-4H3/t16-,17-,19+,23-/m1/s1. The van der Waals surface area contributed by atoms with E-state index in [2.05, 4.69) is 14.7 Å². The number of morpholine rings is 1. The van der Waals surface area contributed by atoms with Crippen LogP contribution in [0.4, 0.5) is 20.6 Å². The number of carbonyl (C=O) groups is 2. The van der Waals surface area contributed by atoms with Gasteiger partial charge in [0.25, 0.3) is 0 Å². The number of nitrogens with zero attached hydrogens (tertiary/aromatic N) is 4. The first kappa shape index (κ1) is 24.9. The molecule has 0 radical (unpaired) electrons. The number of amides is 1. The maximum atomic E-state index is 14.7. The van der Waals surface area contributed by atoms with Gasteiger partial charge in [0, 0.05) is 42.7 Å². The average molecular weight is 483 g/mol. The number of fused-ring (bicyclic) bond motifs is 1. The molecule has 1 amide bonds. The first-order chi connectivity index (χ1) is 16.6. The number of carbonyl (C=O) groups excluding carboxylic acids is 2. The Kier molecular flexibility index (Phi) is 6.95. The first-order valence-corrected chi connectivity index (χ1v) is 11.9. The highest BCUT2D eigenvalue weighted by molar-refractivity contribution is 6.00. The highest BCUT2D eigenvalue weighted by atomic mass is 19.1. The van der Waals surface area contributed by atoms with Crippen LogP contribution >= 0.6 is 0 Å². The van der Waals surface area contributed by atoms with Gasteiger partial charge in [0.05, 0.1) is 31.3 Å². The predicted molar refractivity (Wildman–Crippen MR) is 130 cm³/mol. The summed E-state index contributed by atoms with van der Waals surface area (Å²) in [5.74, 6) is -0.771. The molecule has 0 aliphatic carbocycles. The number of hydrogen-bond donors (Lipinski definition) is 0. The van der Waals surface area contributed by atoms with Crippen LogP contribution in [0.1, 0.15) is 34.1 Å². The lowest BCUT2D eigenvalue weighted by Gasteiger charge is -2.38. The van der Waals surface area contributed by atoms with Crippen molar-refractivity contribution in [2.75, 3.05) is 31.1 Å². The normalized spacial score (nSPS) is 24.9. The van der Waals surface area contributed by atoms with Crippen molar-refractivity contribution in [1.29, 1.82) is 0 Å². The molecular formula is C26H31FN4O4. The lowest BCUT2D eigenvalue weighted by molar-refractivity contribution is -0.136. The number of Topliss-reactive ketones (excluding diaryl/α,β-unsaturated/α-hetero) is 1. The minimum absolute atomic E-state index is 0.00927. The number of likely N-dealkylation sites (tertiary alicyclic amines) is 1. The number of anilines is 1. The summed E-state index contributed by atoms with van der Waals surface area (Å²) in [4.78, 5) is 36.9. The summed E-state index contributed by atoms with van der Waals surface area (Å²) < 4.78 is 26.0. The number of benzene rings is 1. The molecule has 3 heterocycles. The predicted octanol–water partition coefficient (Wildman–Crippen LogP) is 4.54. The fourth-order valence-corrected chi connectivity index (χ4v) is 4.72. The molecule has 2 aliphatic heterocycles. The summed E-state index contributed by atoms with van der Waals surface area (Å²) in [6, 6.07) is 7.36. The highest BCUT2D eigenvalue weighted by Crippen LogP contribution is 2.34. The highest BCUT2D eigenvalue weighted by Gasteiger charge is 2.40. The molecule has 0 bridgehead atoms. The van der Waals surface area contributed by atoms with Crippen molar-refractivity contribution in [3.8, 4) is 0 Å². The molecule has 2 aromatic rings. The summed E-state index contributed by atoms with van der Waals surface area (Å²) in [7, 11) is 0. The Morgan fingerprint density at radius 1 is 1.23 bits per heavy atom. The van der Waals surface area contributed by atoms with Gasteiger partial charge < -0.3 is 19.3 Å². The monoisotopic (exact) mass is 482 g/mol. The lowest BCUT2D eigenvalue weighted by atomic mass is 9.96. The molecular weight excluding hydrogens is 451 g/mol. The second-order valence-corrected chi connectivity index (χ2v) is 10.3. The number of alkyl halides is 1. The van der Waals surface area contributed by atoms with Crippen LogP contribution in [-0.2, 0) is 14.3 Å². The quantitative estimate of drug-likeness (QED) is 0.596. The second-order valence-electron chi connectivity index (χ2n) is 10.3. The van der Waals surface area contributed by atoms with E-state index in [1.807, 2.05) is 25.1 Å². The summed E-state index contributed by atoms with van der Waals surface area (Å²) in [6.07, 6.45) is -1.14. The van der Waals surface area contributed by atoms with Gasteiger partial charge in [-0.1, -0.05) is 12.1 Å². The van der Waals surface area contributed by atoms with Crippen LogP contribution in [-0.4, -0.2) is 71.9 Å². The van der Waals surface area contributed by atoms with E-state index >= 15 is 0 Å². The Labute approximate surface area is 204 Å². The van der Waals surface area contributed by atoms with E-state index < -0.39 is 29.9 Å². The maximum absolute atomic E-state index is 14.7. The maximum Gasteiger partial charge on any atom is 0.410 e. The Hall–Kier alpha value is -3.25. The van der Waals surface area contributed by atoms with Gasteiger partial charge in [0.2, 0.25) is 5.69 Å². The van der Waals surface area contributed by atoms with Crippen LogP contribution in [0.3, 0.4) is 0 Å². The summed E-state index contributed by atoms with van der Waals surface area (Å²) in [6.45, 7) is 15.6. The molecule has 0 saturated carbocycles. The number of aromatic nitrogens is 1. The molecule has 35 heavy (non-hydrogen) atoms. The zero-order valence-electron chi connectivity index (χ0n) is 20.5. The van der Waals surface area contributed by atoms with Crippen molar-refractivity contribution in [3.63, 3.8) is 0 Å². The van der Waals surface area contributed by atoms with Gasteiger partial charge in [-0.25, -0.2) is 14.0 Å². The van der Waals surface area contributed by atoms with Crippen molar-refractivity contribution in [2.24, 2.45) is 5.92 Å². The molecule has 9 heteroatoms. The van der Waals surface area contributed by atoms with Gasteiger partial charge in [-0.3, -0.25) is 9.78 Å². The van der Waals surface area contributed by atoms with Crippen molar-refractivity contribution in [2.45, 2.75) is 58.1 Å². The van der Waals surface area contributed by atoms with E-state index in [-0.39, 0.29) is 31.4 Å². The van der Waals surface area contributed by atoms with Gasteiger partial charge in [-0.2, -0.15) is 0 Å². The molecule has 2 aliphatic rings. The van der Waals surface area contributed by atoms with Crippen molar-refractivity contribution < 1.29 is 23.5 Å². The molecule has 0 N–H and O–H groups in total. The zero-order valence-corrected chi connectivity index (χ0v) is 20.5. The Morgan fingerprint density at radius 2 is 2.00 bits per heavy atom. The molecule has 4 atom stereocenters. The summed E-state index contributed by atoms with van der Waals surface area (Å²) in [5, 5.41) is 0.842. The zero-order chi connectivity index (χ0) is 25.3. The first-order valence-electron chi connectivity index (χ1n) is 11.9. The smallest absolute Gasteiger partial charge is 0.410 e. The fraction of sp³-hybridized carbons (Fsp3) is 0.538. The summed E-state index contributed by atoms with van der Waals surface area (Å²) >= 11 is 0.